The summed E-state index contributed by atoms with van der Waals surface area (Å²) >= 11 is 1.11. The van der Waals surface area contributed by atoms with Gasteiger partial charge in [-0.15, -0.1) is 11.3 Å². The number of amides is 1. The largest absolute Gasteiger partial charge is 0.345 e. The summed E-state index contributed by atoms with van der Waals surface area (Å²) in [7, 11) is -3.72. The Balaban J connectivity index is 1.77. The summed E-state index contributed by atoms with van der Waals surface area (Å²) in [5, 5.41) is 4.64. The predicted octanol–water partition coefficient (Wildman–Crippen LogP) is 3.19. The third-order valence-corrected chi connectivity index (χ3v) is 7.64. The molecule has 3 unspecified atom stereocenters. The number of fused-ring (bicyclic) bond motifs is 1. The number of benzene rings is 1. The van der Waals surface area contributed by atoms with Crippen molar-refractivity contribution < 1.29 is 13.2 Å². The molecular weight excluding hydrogens is 396 g/mol. The zero-order chi connectivity index (χ0) is 20.3. The quantitative estimate of drug-likeness (QED) is 0.520. The maximum absolute atomic E-state index is 12.7. The fourth-order valence-electron chi connectivity index (χ4n) is 2.87. The minimum absolute atomic E-state index is 0.116. The Morgan fingerprint density at radius 1 is 1.21 bits per heavy atom. The number of nitrogens with zero attached hydrogens (tertiary/aromatic N) is 1. The van der Waals surface area contributed by atoms with E-state index < -0.39 is 22.0 Å². The number of carbonyl (C=O) groups is 1. The van der Waals surface area contributed by atoms with Crippen LogP contribution in [0.15, 0.2) is 46.0 Å². The average molecular weight is 421 g/mol. The molecule has 0 aliphatic rings. The number of carbonyl (C=O) groups excluding carboxylic acids is 1. The average Bonchev–Trinajstić information content (AvgIpc) is 3.34. The van der Waals surface area contributed by atoms with Gasteiger partial charge >= 0.3 is 0 Å². The van der Waals surface area contributed by atoms with Crippen molar-refractivity contribution in [2.45, 2.75) is 43.5 Å². The summed E-state index contributed by atoms with van der Waals surface area (Å²) in [4.78, 5) is 20.6. The first-order chi connectivity index (χ1) is 13.3. The van der Waals surface area contributed by atoms with E-state index in [1.54, 1.807) is 11.4 Å². The number of sulfonamides is 1. The van der Waals surface area contributed by atoms with Crippen LogP contribution < -0.4 is 10.0 Å². The van der Waals surface area contributed by atoms with Gasteiger partial charge in [0.1, 0.15) is 10.0 Å². The molecule has 3 N–H and O–H groups in total. The third-order valence-electron chi connectivity index (χ3n) is 4.70. The van der Waals surface area contributed by atoms with Crippen molar-refractivity contribution in [2.75, 3.05) is 0 Å². The molecule has 3 aromatic rings. The van der Waals surface area contributed by atoms with Crippen LogP contribution in [0, 0.1) is 5.92 Å². The van der Waals surface area contributed by atoms with Crippen LogP contribution in [-0.4, -0.2) is 30.3 Å². The van der Waals surface area contributed by atoms with Crippen LogP contribution in [0.2, 0.25) is 0 Å². The van der Waals surface area contributed by atoms with Crippen molar-refractivity contribution in [3.05, 3.63) is 47.6 Å². The van der Waals surface area contributed by atoms with Crippen LogP contribution in [-0.2, 0) is 14.8 Å². The van der Waals surface area contributed by atoms with E-state index in [-0.39, 0.29) is 16.2 Å². The predicted molar refractivity (Wildman–Crippen MR) is 111 cm³/mol. The fourth-order valence-corrected chi connectivity index (χ4v) is 5.09. The van der Waals surface area contributed by atoms with Gasteiger partial charge in [-0.3, -0.25) is 4.79 Å². The number of H-pyrrole nitrogens is 1. The number of hydrogen-bond acceptors (Lipinski definition) is 5. The molecule has 0 radical (unpaired) electrons. The highest BCUT2D eigenvalue weighted by Crippen LogP contribution is 2.25. The zero-order valence-corrected chi connectivity index (χ0v) is 17.6. The van der Waals surface area contributed by atoms with E-state index in [0.717, 1.165) is 28.8 Å². The molecule has 0 fully saturated rings. The Bertz CT molecular complexity index is 1010. The van der Waals surface area contributed by atoms with Gasteiger partial charge in [-0.2, -0.15) is 4.72 Å². The van der Waals surface area contributed by atoms with Crippen LogP contribution in [0.4, 0.5) is 0 Å². The van der Waals surface area contributed by atoms with Crippen molar-refractivity contribution in [2.24, 2.45) is 5.92 Å². The van der Waals surface area contributed by atoms with Crippen molar-refractivity contribution in [3.63, 3.8) is 0 Å². The van der Waals surface area contributed by atoms with Gasteiger partial charge in [0.25, 0.3) is 10.0 Å². The molecule has 0 saturated carbocycles. The highest BCUT2D eigenvalue weighted by molar-refractivity contribution is 7.91. The van der Waals surface area contributed by atoms with Gasteiger partial charge in [0.05, 0.1) is 23.1 Å². The molecule has 2 aromatic heterocycles. The van der Waals surface area contributed by atoms with Crippen LogP contribution in [0.3, 0.4) is 0 Å². The molecule has 3 rings (SSSR count). The topological polar surface area (TPSA) is 104 Å². The summed E-state index contributed by atoms with van der Waals surface area (Å²) in [5.74, 6) is 0.383. The molecule has 0 saturated heterocycles. The number of rotatable bonds is 8. The maximum atomic E-state index is 12.7. The van der Waals surface area contributed by atoms with E-state index in [2.05, 4.69) is 20.0 Å². The molecule has 9 heteroatoms. The molecule has 7 nitrogen and oxygen atoms in total. The van der Waals surface area contributed by atoms with Crippen LogP contribution >= 0.6 is 11.3 Å². The molecule has 0 aliphatic heterocycles. The van der Waals surface area contributed by atoms with Crippen LogP contribution in [0.5, 0.6) is 0 Å². The number of thiophene rings is 1. The van der Waals surface area contributed by atoms with E-state index in [0.29, 0.717) is 5.82 Å². The Labute approximate surface area is 168 Å². The summed E-state index contributed by atoms with van der Waals surface area (Å²) < 4.78 is 27.4. The number of para-hydroxylation sites is 2. The molecule has 28 heavy (non-hydrogen) atoms. The molecule has 2 heterocycles. The molecule has 0 bridgehead atoms. The van der Waals surface area contributed by atoms with Crippen molar-refractivity contribution in [3.8, 4) is 0 Å². The lowest BCUT2D eigenvalue weighted by atomic mass is 9.98. The van der Waals surface area contributed by atoms with Gasteiger partial charge in [-0.05, 0) is 36.4 Å². The molecule has 150 valence electrons. The third kappa shape index (κ3) is 4.43. The van der Waals surface area contributed by atoms with Crippen molar-refractivity contribution >= 4 is 38.3 Å². The lowest BCUT2D eigenvalue weighted by Crippen LogP contribution is -2.46. The second kappa shape index (κ2) is 8.42. The SMILES string of the molecule is CCC(C)C(NC(=O)C(C)NS(=O)(=O)c1cccs1)c1nc2ccccc2[nH]1. The van der Waals surface area contributed by atoms with E-state index in [9.17, 15) is 13.2 Å². The van der Waals surface area contributed by atoms with E-state index in [1.807, 2.05) is 38.1 Å². The highest BCUT2D eigenvalue weighted by Gasteiger charge is 2.28. The van der Waals surface area contributed by atoms with Crippen LogP contribution in [0.25, 0.3) is 11.0 Å². The minimum Gasteiger partial charge on any atom is -0.345 e. The minimum atomic E-state index is -3.72. The van der Waals surface area contributed by atoms with Gasteiger partial charge in [0.2, 0.25) is 5.91 Å². The lowest BCUT2D eigenvalue weighted by molar-refractivity contribution is -0.123. The van der Waals surface area contributed by atoms with Gasteiger partial charge in [-0.25, -0.2) is 13.4 Å². The number of nitrogens with one attached hydrogen (secondary N) is 3. The summed E-state index contributed by atoms with van der Waals surface area (Å²) in [5.41, 5.74) is 1.72. The highest BCUT2D eigenvalue weighted by atomic mass is 32.2. The molecule has 1 amide bonds. The standard InChI is InChI=1S/C19H24N4O3S2/c1-4-12(2)17(18-20-14-8-5-6-9-15(14)21-18)22-19(24)13(3)23-28(25,26)16-10-7-11-27-16/h5-13,17,23H,4H2,1-3H3,(H,20,21)(H,22,24). The molecule has 0 spiro atoms. The van der Waals surface area contributed by atoms with Crippen molar-refractivity contribution in [1.29, 1.82) is 0 Å². The molecule has 3 atom stereocenters. The lowest BCUT2D eigenvalue weighted by Gasteiger charge is -2.24. The van der Waals surface area contributed by atoms with Gasteiger partial charge in [0.15, 0.2) is 0 Å². The van der Waals surface area contributed by atoms with Gasteiger partial charge < -0.3 is 10.3 Å². The monoisotopic (exact) mass is 420 g/mol. The second-order valence-electron chi connectivity index (χ2n) is 6.79. The number of aromatic nitrogens is 2. The number of hydrogen-bond donors (Lipinski definition) is 3. The smallest absolute Gasteiger partial charge is 0.250 e. The Hall–Kier alpha value is -2.23. The molecular formula is C19H24N4O3S2. The first kappa shape index (κ1) is 20.5. The van der Waals surface area contributed by atoms with Gasteiger partial charge in [0, 0.05) is 0 Å². The Morgan fingerprint density at radius 3 is 2.61 bits per heavy atom. The van der Waals surface area contributed by atoms with E-state index >= 15 is 0 Å². The Morgan fingerprint density at radius 2 is 1.96 bits per heavy atom. The number of aromatic amines is 1. The van der Waals surface area contributed by atoms with Gasteiger partial charge in [-0.1, -0.05) is 38.5 Å². The van der Waals surface area contributed by atoms with Crippen molar-refractivity contribution in [1.82, 2.24) is 20.0 Å². The normalized spacial score (nSPS) is 15.2. The zero-order valence-electron chi connectivity index (χ0n) is 16.0. The maximum Gasteiger partial charge on any atom is 0.250 e. The molecule has 1 aromatic carbocycles. The summed E-state index contributed by atoms with van der Waals surface area (Å²) in [6.45, 7) is 5.60. The number of imidazole rings is 1. The van der Waals surface area contributed by atoms with E-state index in [4.69, 9.17) is 0 Å². The first-order valence-corrected chi connectivity index (χ1v) is 11.5. The fraction of sp³-hybridized carbons (Fsp3) is 0.368. The summed E-state index contributed by atoms with van der Waals surface area (Å²) in [6, 6.07) is 9.56. The molecule has 0 aliphatic carbocycles. The Kier molecular flexibility index (Phi) is 6.17. The van der Waals surface area contributed by atoms with Crippen LogP contribution in [0.1, 0.15) is 39.1 Å². The van der Waals surface area contributed by atoms with E-state index in [1.165, 1.54) is 13.0 Å². The summed E-state index contributed by atoms with van der Waals surface area (Å²) in [6.07, 6.45) is 0.831. The second-order valence-corrected chi connectivity index (χ2v) is 9.67. The first-order valence-electron chi connectivity index (χ1n) is 9.12.